The molecule has 0 amide bonds. The summed E-state index contributed by atoms with van der Waals surface area (Å²) >= 11 is 0. The summed E-state index contributed by atoms with van der Waals surface area (Å²) in [6.45, 7) is 5.53. The average molecular weight is 511 g/mol. The maximum absolute atomic E-state index is 13.7. The third-order valence-electron chi connectivity index (χ3n) is 12.9. The lowest BCUT2D eigenvalue weighted by Crippen LogP contribution is -2.82. The van der Waals surface area contributed by atoms with Gasteiger partial charge in [-0.05, 0) is 56.9 Å². The normalized spacial score (nSPS) is 65.0. The maximum atomic E-state index is 13.7. The van der Waals surface area contributed by atoms with E-state index in [0.29, 0.717) is 19.3 Å². The van der Waals surface area contributed by atoms with Crippen molar-refractivity contribution >= 4 is 17.7 Å². The molecule has 1 spiro atoms. The third-order valence-corrected chi connectivity index (χ3v) is 12.9. The van der Waals surface area contributed by atoms with E-state index >= 15 is 0 Å². The number of carbonyl (C=O) groups excluding carboxylic acids is 3. The van der Waals surface area contributed by atoms with Gasteiger partial charge in [-0.25, -0.2) is 4.79 Å². The number of aliphatic hydroxyl groups is 2. The largest absolute Gasteiger partial charge is 0.458 e. The predicted molar refractivity (Wildman–Crippen MR) is 121 cm³/mol. The fourth-order valence-corrected chi connectivity index (χ4v) is 11.6. The lowest BCUT2D eigenvalue weighted by atomic mass is 9.39. The van der Waals surface area contributed by atoms with Gasteiger partial charge < -0.3 is 29.2 Å². The Kier molecular flexibility index (Phi) is 3.23. The van der Waals surface area contributed by atoms with Crippen LogP contribution in [0.3, 0.4) is 0 Å². The van der Waals surface area contributed by atoms with Crippen LogP contribution in [0, 0.1) is 40.4 Å². The first kappa shape index (κ1) is 21.8. The summed E-state index contributed by atoms with van der Waals surface area (Å²) in [4.78, 5) is 40.7. The van der Waals surface area contributed by atoms with Crippen LogP contribution >= 0.6 is 0 Å². The quantitative estimate of drug-likeness (QED) is 0.362. The van der Waals surface area contributed by atoms with Crippen LogP contribution in [0.15, 0.2) is 23.8 Å². The molecule has 7 fully saturated rings. The lowest BCUT2D eigenvalue weighted by Gasteiger charge is -2.66. The first-order valence-electron chi connectivity index (χ1n) is 13.5. The number of carbonyl (C=O) groups is 3. The topological polar surface area (TPSA) is 129 Å². The molecule has 9 nitrogen and oxygen atoms in total. The summed E-state index contributed by atoms with van der Waals surface area (Å²) < 4.78 is 25.6. The van der Waals surface area contributed by atoms with E-state index in [0.717, 1.165) is 5.57 Å². The zero-order valence-electron chi connectivity index (χ0n) is 21.0. The molecule has 5 aliphatic carbocycles. The molecule has 1 unspecified atom stereocenters. The maximum Gasteiger partial charge on any atom is 0.342 e. The van der Waals surface area contributed by atoms with Gasteiger partial charge in [0.1, 0.15) is 11.7 Å². The number of hydrogen-bond donors (Lipinski definition) is 2. The number of ketones is 1. The van der Waals surface area contributed by atoms with Gasteiger partial charge in [0.2, 0.25) is 5.79 Å². The number of ether oxygens (including phenoxy) is 4. The highest BCUT2D eigenvalue weighted by atomic mass is 16.8. The molecule has 6 bridgehead atoms. The minimum absolute atomic E-state index is 0.00202. The van der Waals surface area contributed by atoms with Gasteiger partial charge in [-0.15, -0.1) is 0 Å². The van der Waals surface area contributed by atoms with Gasteiger partial charge in [0.25, 0.3) is 0 Å². The molecule has 3 saturated carbocycles. The van der Waals surface area contributed by atoms with Gasteiger partial charge >= 0.3 is 11.9 Å². The zero-order valence-corrected chi connectivity index (χ0v) is 21.0. The molecule has 4 saturated heterocycles. The Labute approximate surface area is 213 Å². The number of allylic oxidation sites excluding steroid dienone is 4. The number of rotatable bonds is 0. The van der Waals surface area contributed by atoms with Crippen molar-refractivity contribution in [3.8, 4) is 0 Å². The summed E-state index contributed by atoms with van der Waals surface area (Å²) in [5, 5.41) is 25.7. The van der Waals surface area contributed by atoms with Crippen LogP contribution in [0.25, 0.3) is 0 Å². The van der Waals surface area contributed by atoms with Crippen molar-refractivity contribution in [2.75, 3.05) is 6.61 Å². The second kappa shape index (κ2) is 5.48. The second-order valence-corrected chi connectivity index (χ2v) is 13.7. The highest BCUT2D eigenvalue weighted by molar-refractivity contribution is 5.99. The van der Waals surface area contributed by atoms with Gasteiger partial charge in [-0.2, -0.15) is 0 Å². The van der Waals surface area contributed by atoms with Crippen LogP contribution in [-0.4, -0.2) is 68.8 Å². The molecule has 0 aromatic rings. The standard InChI is InChI=1S/C28H30O9/c1-22-10-17-24(3)27-20(22)26(33)14(9-25(27,32)21(31)36-24)18-13(8-7-12-5-4-6-16(29)23(12,18)2)28(26,37-27)34-11-15(22)19(30)35-17/h4,6-7,13-15,17-18,20,32-33H,5,8-11H2,1-3H3/t13-,14?,15+,17-,18-,20+,22-,23-,24+,25+,26-,27+,28+/m1/s1. The summed E-state index contributed by atoms with van der Waals surface area (Å²) in [5.41, 5.74) is -7.71. The monoisotopic (exact) mass is 510 g/mol. The first-order chi connectivity index (χ1) is 17.4. The summed E-state index contributed by atoms with van der Waals surface area (Å²) in [7, 11) is 0. The summed E-state index contributed by atoms with van der Waals surface area (Å²) in [5.74, 6) is -5.97. The number of esters is 2. The Morgan fingerprint density at radius 1 is 1.05 bits per heavy atom. The van der Waals surface area contributed by atoms with E-state index in [9.17, 15) is 24.6 Å². The van der Waals surface area contributed by atoms with Gasteiger partial charge in [0.05, 0.1) is 17.9 Å². The van der Waals surface area contributed by atoms with Gasteiger partial charge in [0.15, 0.2) is 22.6 Å². The molecule has 0 radical (unpaired) electrons. The van der Waals surface area contributed by atoms with Crippen molar-refractivity contribution in [3.63, 3.8) is 0 Å². The molecular formula is C28H30O9. The molecule has 9 rings (SSSR count). The number of hydrogen-bond acceptors (Lipinski definition) is 9. The first-order valence-corrected chi connectivity index (χ1v) is 13.5. The fourth-order valence-electron chi connectivity index (χ4n) is 11.6. The molecule has 4 heterocycles. The minimum atomic E-state index is -2.09. The highest BCUT2D eigenvalue weighted by Crippen LogP contribution is 2.85. The molecule has 13 atom stereocenters. The van der Waals surface area contributed by atoms with Crippen LogP contribution in [0.5, 0.6) is 0 Å². The van der Waals surface area contributed by atoms with Crippen molar-refractivity contribution in [2.45, 2.75) is 80.7 Å². The van der Waals surface area contributed by atoms with E-state index in [1.54, 1.807) is 13.0 Å². The van der Waals surface area contributed by atoms with E-state index in [1.165, 1.54) is 0 Å². The average Bonchev–Trinajstić information content (AvgIpc) is 3.21. The summed E-state index contributed by atoms with van der Waals surface area (Å²) in [6, 6.07) is 0. The Bertz CT molecular complexity index is 1340. The number of fused-ring (bicyclic) bond motifs is 6. The fraction of sp³-hybridized carbons (Fsp3) is 0.750. The van der Waals surface area contributed by atoms with Crippen LogP contribution in [0.1, 0.15) is 46.5 Å². The Balaban J connectivity index is 1.39. The van der Waals surface area contributed by atoms with Gasteiger partial charge in [-0.3, -0.25) is 9.59 Å². The molecule has 37 heavy (non-hydrogen) atoms. The van der Waals surface area contributed by atoms with Crippen molar-refractivity contribution in [1.29, 1.82) is 0 Å². The molecule has 196 valence electrons. The minimum Gasteiger partial charge on any atom is -0.458 e. The SMILES string of the molecule is C[C@]12C(=O)C=CCC1=CC[C@@H]1[C@@H]2C2C[C@]3(O)C(=O)O[C@@]4(C)[C@H]5C[C@@]6(C)[C@@H]7[C@]43O[C@]1(OC[C@H]6C(=O)O5)[C@@]27O. The zero-order chi connectivity index (χ0) is 25.8. The molecule has 4 aliphatic heterocycles. The Morgan fingerprint density at radius 2 is 1.84 bits per heavy atom. The molecule has 9 aliphatic rings. The van der Waals surface area contributed by atoms with Crippen LogP contribution in [-0.2, 0) is 33.3 Å². The third kappa shape index (κ3) is 1.65. The molecule has 2 N–H and O–H groups in total. The summed E-state index contributed by atoms with van der Waals surface area (Å²) in [6.07, 6.45) is 6.15. The van der Waals surface area contributed by atoms with Crippen LogP contribution in [0.4, 0.5) is 0 Å². The van der Waals surface area contributed by atoms with E-state index in [4.69, 9.17) is 18.9 Å². The molecule has 0 aromatic carbocycles. The van der Waals surface area contributed by atoms with Gasteiger partial charge in [-0.1, -0.05) is 24.6 Å². The van der Waals surface area contributed by atoms with E-state index in [-0.39, 0.29) is 18.8 Å². The molecule has 9 heteroatoms. The van der Waals surface area contributed by atoms with E-state index < -0.39 is 86.7 Å². The van der Waals surface area contributed by atoms with Gasteiger partial charge in [0, 0.05) is 17.8 Å². The van der Waals surface area contributed by atoms with Crippen LogP contribution in [0.2, 0.25) is 0 Å². The van der Waals surface area contributed by atoms with Crippen LogP contribution < -0.4 is 0 Å². The van der Waals surface area contributed by atoms with E-state index in [1.807, 2.05) is 19.9 Å². The Morgan fingerprint density at radius 3 is 2.62 bits per heavy atom. The van der Waals surface area contributed by atoms with E-state index in [2.05, 4.69) is 6.08 Å². The van der Waals surface area contributed by atoms with Crippen molar-refractivity contribution in [1.82, 2.24) is 0 Å². The second-order valence-electron chi connectivity index (χ2n) is 13.7. The molecule has 0 aromatic heterocycles. The highest BCUT2D eigenvalue weighted by Gasteiger charge is 3.01. The van der Waals surface area contributed by atoms with Crippen molar-refractivity contribution < 1.29 is 43.5 Å². The predicted octanol–water partition coefficient (Wildman–Crippen LogP) is 0.959. The van der Waals surface area contributed by atoms with Crippen molar-refractivity contribution in [2.24, 2.45) is 40.4 Å². The van der Waals surface area contributed by atoms with Crippen molar-refractivity contribution in [3.05, 3.63) is 23.8 Å². The smallest absolute Gasteiger partial charge is 0.342 e. The lowest BCUT2D eigenvalue weighted by molar-refractivity contribution is -0.372. The molecular weight excluding hydrogens is 480 g/mol. The Hall–Kier alpha value is -2.07.